The number of carbonyl (C=O) groups excluding carboxylic acids is 1. The number of aliphatic carboxylic acids is 1. The number of fused-ring (bicyclic) bond motifs is 1. The molecule has 0 aliphatic carbocycles. The van der Waals surface area contributed by atoms with Crippen LogP contribution in [0.5, 0.6) is 0 Å². The second-order valence-corrected chi connectivity index (χ2v) is 4.07. The van der Waals surface area contributed by atoms with Gasteiger partial charge in [-0.15, -0.1) is 10.2 Å². The summed E-state index contributed by atoms with van der Waals surface area (Å²) in [4.78, 5) is 21.8. The molecule has 2 aromatic heterocycles. The van der Waals surface area contributed by atoms with Crippen molar-refractivity contribution in [2.24, 2.45) is 0 Å². The smallest absolute Gasteiger partial charge is 0.303 e. The molecule has 2 aromatic rings. The summed E-state index contributed by atoms with van der Waals surface area (Å²) in [5.41, 5.74) is 0.720. The minimum atomic E-state index is -0.892. The molecule has 0 bridgehead atoms. The largest absolute Gasteiger partial charge is 0.481 e. The highest BCUT2D eigenvalue weighted by atomic mass is 16.4. The normalized spacial score (nSPS) is 10.5. The van der Waals surface area contributed by atoms with Gasteiger partial charge in [0.15, 0.2) is 11.5 Å². The molecule has 0 saturated carbocycles. The number of hydrogen-bond donors (Lipinski definition) is 2. The zero-order valence-corrected chi connectivity index (χ0v) is 10.2. The topological polar surface area (TPSA) is 96.6 Å². The standard InChI is InChI=1S/C12H14N4O3/c17-11(5-3-6-12(18)19)13-8-10-15-14-9-4-1-2-7-16(9)10/h1-2,4,7H,3,5-6,8H2,(H,13,17)(H,18,19). The van der Waals surface area contributed by atoms with Gasteiger partial charge in [0.2, 0.25) is 5.91 Å². The van der Waals surface area contributed by atoms with E-state index in [2.05, 4.69) is 15.5 Å². The van der Waals surface area contributed by atoms with Crippen molar-refractivity contribution in [3.05, 3.63) is 30.2 Å². The Morgan fingerprint density at radius 3 is 2.89 bits per heavy atom. The van der Waals surface area contributed by atoms with Gasteiger partial charge in [0.25, 0.3) is 0 Å². The molecule has 2 rings (SSSR count). The maximum absolute atomic E-state index is 11.5. The highest BCUT2D eigenvalue weighted by molar-refractivity contribution is 5.76. The Kier molecular flexibility index (Phi) is 4.07. The Morgan fingerprint density at radius 1 is 1.26 bits per heavy atom. The Balaban J connectivity index is 1.85. The highest BCUT2D eigenvalue weighted by Gasteiger charge is 2.07. The summed E-state index contributed by atoms with van der Waals surface area (Å²) in [6.45, 7) is 0.275. The molecular weight excluding hydrogens is 248 g/mol. The summed E-state index contributed by atoms with van der Waals surface area (Å²) in [7, 11) is 0. The number of carbonyl (C=O) groups is 2. The molecule has 19 heavy (non-hydrogen) atoms. The molecule has 0 aromatic carbocycles. The Morgan fingerprint density at radius 2 is 2.11 bits per heavy atom. The van der Waals surface area contributed by atoms with Crippen molar-refractivity contribution in [2.75, 3.05) is 0 Å². The van der Waals surface area contributed by atoms with Crippen molar-refractivity contribution in [1.82, 2.24) is 19.9 Å². The lowest BCUT2D eigenvalue weighted by Gasteiger charge is -2.03. The molecule has 0 radical (unpaired) electrons. The van der Waals surface area contributed by atoms with Gasteiger partial charge >= 0.3 is 5.97 Å². The van der Waals surface area contributed by atoms with Crippen molar-refractivity contribution in [2.45, 2.75) is 25.8 Å². The van der Waals surface area contributed by atoms with Gasteiger partial charge in [-0.05, 0) is 18.6 Å². The van der Waals surface area contributed by atoms with Gasteiger partial charge < -0.3 is 10.4 Å². The van der Waals surface area contributed by atoms with E-state index in [1.807, 2.05) is 24.4 Å². The number of carboxylic acids is 1. The van der Waals surface area contributed by atoms with E-state index in [-0.39, 0.29) is 25.3 Å². The fourth-order valence-electron chi connectivity index (χ4n) is 1.68. The zero-order chi connectivity index (χ0) is 13.7. The first-order valence-electron chi connectivity index (χ1n) is 5.94. The summed E-state index contributed by atoms with van der Waals surface area (Å²) in [5.74, 6) is -0.438. The fraction of sp³-hybridized carbons (Fsp3) is 0.333. The van der Waals surface area contributed by atoms with Crippen LogP contribution in [0.4, 0.5) is 0 Å². The molecule has 100 valence electrons. The molecule has 7 nitrogen and oxygen atoms in total. The molecule has 0 atom stereocenters. The van der Waals surface area contributed by atoms with Gasteiger partial charge in [-0.1, -0.05) is 6.07 Å². The number of pyridine rings is 1. The number of nitrogens with one attached hydrogen (secondary N) is 1. The summed E-state index contributed by atoms with van der Waals surface area (Å²) in [6.07, 6.45) is 2.35. The molecular formula is C12H14N4O3. The average Bonchev–Trinajstić information content (AvgIpc) is 2.79. The van der Waals surface area contributed by atoms with Gasteiger partial charge in [0.05, 0.1) is 6.54 Å². The predicted octanol–water partition coefficient (Wildman–Crippen LogP) is 0.600. The van der Waals surface area contributed by atoms with Gasteiger partial charge in [-0.3, -0.25) is 14.0 Å². The SMILES string of the molecule is O=C(O)CCCC(=O)NCc1nnc2ccccn12. The van der Waals surface area contributed by atoms with Crippen LogP contribution in [0.25, 0.3) is 5.65 Å². The van der Waals surface area contributed by atoms with E-state index in [9.17, 15) is 9.59 Å². The molecule has 2 heterocycles. The van der Waals surface area contributed by atoms with E-state index in [1.165, 1.54) is 0 Å². The quantitative estimate of drug-likeness (QED) is 0.794. The highest BCUT2D eigenvalue weighted by Crippen LogP contribution is 2.02. The molecule has 0 spiro atoms. The van der Waals surface area contributed by atoms with Crippen molar-refractivity contribution in [3.8, 4) is 0 Å². The molecule has 0 fully saturated rings. The Bertz CT molecular complexity index is 593. The lowest BCUT2D eigenvalue weighted by molar-refractivity contribution is -0.137. The van der Waals surface area contributed by atoms with E-state index < -0.39 is 5.97 Å². The van der Waals surface area contributed by atoms with E-state index in [1.54, 1.807) is 4.40 Å². The van der Waals surface area contributed by atoms with Crippen molar-refractivity contribution in [3.63, 3.8) is 0 Å². The van der Waals surface area contributed by atoms with Crippen LogP contribution in [0.3, 0.4) is 0 Å². The van der Waals surface area contributed by atoms with Crippen LogP contribution >= 0.6 is 0 Å². The third-order valence-corrected chi connectivity index (χ3v) is 2.62. The van der Waals surface area contributed by atoms with Gasteiger partial charge in [-0.25, -0.2) is 0 Å². The second kappa shape index (κ2) is 5.94. The van der Waals surface area contributed by atoms with E-state index >= 15 is 0 Å². The van der Waals surface area contributed by atoms with Crippen molar-refractivity contribution in [1.29, 1.82) is 0 Å². The van der Waals surface area contributed by atoms with Crippen LogP contribution in [0.15, 0.2) is 24.4 Å². The summed E-state index contributed by atoms with van der Waals surface area (Å²) >= 11 is 0. The van der Waals surface area contributed by atoms with E-state index in [0.29, 0.717) is 12.2 Å². The molecule has 0 aliphatic rings. The number of rotatable bonds is 6. The number of amides is 1. The molecule has 1 amide bonds. The van der Waals surface area contributed by atoms with E-state index in [4.69, 9.17) is 5.11 Å². The minimum Gasteiger partial charge on any atom is -0.481 e. The number of aromatic nitrogens is 3. The van der Waals surface area contributed by atoms with Crippen LogP contribution in [0, 0.1) is 0 Å². The number of carboxylic acid groups (broad SMARTS) is 1. The van der Waals surface area contributed by atoms with Crippen LogP contribution in [0.1, 0.15) is 25.1 Å². The molecule has 0 saturated heterocycles. The van der Waals surface area contributed by atoms with Crippen LogP contribution in [-0.4, -0.2) is 31.6 Å². The lowest BCUT2D eigenvalue weighted by Crippen LogP contribution is -2.23. The lowest BCUT2D eigenvalue weighted by atomic mass is 10.2. The van der Waals surface area contributed by atoms with Gasteiger partial charge in [0, 0.05) is 19.0 Å². The summed E-state index contributed by atoms with van der Waals surface area (Å²) in [5, 5.41) is 19.1. The summed E-state index contributed by atoms with van der Waals surface area (Å²) < 4.78 is 1.79. The molecule has 0 unspecified atom stereocenters. The molecule has 7 heteroatoms. The second-order valence-electron chi connectivity index (χ2n) is 4.07. The van der Waals surface area contributed by atoms with Crippen LogP contribution in [-0.2, 0) is 16.1 Å². The first-order valence-corrected chi connectivity index (χ1v) is 5.94. The first-order chi connectivity index (χ1) is 9.16. The third-order valence-electron chi connectivity index (χ3n) is 2.62. The van der Waals surface area contributed by atoms with Crippen molar-refractivity contribution >= 4 is 17.5 Å². The van der Waals surface area contributed by atoms with Crippen LogP contribution < -0.4 is 5.32 Å². The third kappa shape index (κ3) is 3.51. The average molecular weight is 262 g/mol. The fourth-order valence-corrected chi connectivity index (χ4v) is 1.68. The Labute approximate surface area is 109 Å². The van der Waals surface area contributed by atoms with E-state index in [0.717, 1.165) is 5.65 Å². The summed E-state index contributed by atoms with van der Waals surface area (Å²) in [6, 6.07) is 5.54. The maximum Gasteiger partial charge on any atom is 0.303 e. The zero-order valence-electron chi connectivity index (χ0n) is 10.2. The van der Waals surface area contributed by atoms with Gasteiger partial charge in [0.1, 0.15) is 0 Å². The van der Waals surface area contributed by atoms with Crippen LogP contribution in [0.2, 0.25) is 0 Å². The van der Waals surface area contributed by atoms with Crippen molar-refractivity contribution < 1.29 is 14.7 Å². The number of hydrogen-bond acceptors (Lipinski definition) is 4. The maximum atomic E-state index is 11.5. The van der Waals surface area contributed by atoms with Gasteiger partial charge in [-0.2, -0.15) is 0 Å². The predicted molar refractivity (Wildman–Crippen MR) is 66.3 cm³/mol. The first kappa shape index (κ1) is 13.0. The number of nitrogens with zero attached hydrogens (tertiary/aromatic N) is 3. The molecule has 2 N–H and O–H groups in total. The molecule has 0 aliphatic heterocycles. The minimum absolute atomic E-state index is 0.00127. The Hall–Kier alpha value is -2.44. The monoisotopic (exact) mass is 262 g/mol.